The molecule has 18 heavy (non-hydrogen) atoms. The van der Waals surface area contributed by atoms with Crippen LogP contribution in [0.2, 0.25) is 0 Å². The molecule has 4 heteroatoms. The fourth-order valence-electron chi connectivity index (χ4n) is 1.97. The van der Waals surface area contributed by atoms with Crippen LogP contribution in [-0.2, 0) is 0 Å². The first-order valence-corrected chi connectivity index (χ1v) is 6.57. The number of ether oxygens (including phenoxy) is 2. The van der Waals surface area contributed by atoms with E-state index in [2.05, 4.69) is 26.1 Å². The van der Waals surface area contributed by atoms with Crippen LogP contribution in [0, 0.1) is 5.92 Å². The molecular weight excluding hydrogens is 228 g/mol. The van der Waals surface area contributed by atoms with Crippen LogP contribution in [0.25, 0.3) is 0 Å². The van der Waals surface area contributed by atoms with E-state index in [9.17, 15) is 0 Å². The van der Waals surface area contributed by atoms with Gasteiger partial charge < -0.3 is 20.5 Å². The van der Waals surface area contributed by atoms with E-state index in [1.54, 1.807) is 0 Å². The highest BCUT2D eigenvalue weighted by Crippen LogP contribution is 2.37. The number of nitrogens with two attached hydrogens (primary N) is 1. The summed E-state index contributed by atoms with van der Waals surface area (Å²) in [5, 5.41) is 3.45. The molecule has 100 valence electrons. The van der Waals surface area contributed by atoms with Crippen molar-refractivity contribution in [1.82, 2.24) is 0 Å². The lowest BCUT2D eigenvalue weighted by Crippen LogP contribution is -2.24. The van der Waals surface area contributed by atoms with Crippen LogP contribution in [0.3, 0.4) is 0 Å². The van der Waals surface area contributed by atoms with Gasteiger partial charge in [-0.05, 0) is 12.8 Å². The number of nitrogens with one attached hydrogen (secondary N) is 1. The molecule has 0 bridgehead atoms. The molecule has 0 aromatic heterocycles. The van der Waals surface area contributed by atoms with Crippen molar-refractivity contribution >= 4 is 11.4 Å². The SMILES string of the molecule is CCC(C)C(C)Nc1cc2c(cc1N)OCCO2. The molecule has 1 aliphatic heterocycles. The van der Waals surface area contributed by atoms with E-state index in [1.165, 1.54) is 0 Å². The molecule has 4 nitrogen and oxygen atoms in total. The van der Waals surface area contributed by atoms with Gasteiger partial charge in [0.25, 0.3) is 0 Å². The molecule has 0 saturated carbocycles. The van der Waals surface area contributed by atoms with Gasteiger partial charge in [0.2, 0.25) is 0 Å². The Morgan fingerprint density at radius 3 is 2.44 bits per heavy atom. The minimum absolute atomic E-state index is 0.375. The van der Waals surface area contributed by atoms with Crippen LogP contribution in [0.15, 0.2) is 12.1 Å². The summed E-state index contributed by atoms with van der Waals surface area (Å²) in [6.45, 7) is 7.77. The van der Waals surface area contributed by atoms with Crippen LogP contribution in [-0.4, -0.2) is 19.3 Å². The average Bonchev–Trinajstić information content (AvgIpc) is 2.38. The smallest absolute Gasteiger partial charge is 0.163 e. The highest BCUT2D eigenvalue weighted by Gasteiger charge is 2.17. The first-order chi connectivity index (χ1) is 8.61. The van der Waals surface area contributed by atoms with E-state index in [0.29, 0.717) is 30.9 Å². The topological polar surface area (TPSA) is 56.5 Å². The highest BCUT2D eigenvalue weighted by atomic mass is 16.6. The number of fused-ring (bicyclic) bond motifs is 1. The Kier molecular flexibility index (Phi) is 3.84. The van der Waals surface area contributed by atoms with Gasteiger partial charge in [-0.1, -0.05) is 20.3 Å². The van der Waals surface area contributed by atoms with Crippen molar-refractivity contribution in [1.29, 1.82) is 0 Å². The average molecular weight is 250 g/mol. The summed E-state index contributed by atoms with van der Waals surface area (Å²) in [7, 11) is 0. The third-order valence-corrected chi connectivity index (χ3v) is 3.60. The Labute approximate surface area is 108 Å². The first-order valence-electron chi connectivity index (χ1n) is 6.57. The number of nitrogen functional groups attached to an aromatic ring is 1. The molecule has 0 spiro atoms. The summed E-state index contributed by atoms with van der Waals surface area (Å²) < 4.78 is 11.1. The molecule has 1 aromatic rings. The van der Waals surface area contributed by atoms with Crippen molar-refractivity contribution in [2.45, 2.75) is 33.2 Å². The summed E-state index contributed by atoms with van der Waals surface area (Å²) in [6, 6.07) is 4.14. The van der Waals surface area contributed by atoms with Crippen LogP contribution >= 0.6 is 0 Å². The van der Waals surface area contributed by atoms with Gasteiger partial charge in [0, 0.05) is 18.2 Å². The maximum Gasteiger partial charge on any atom is 0.163 e. The summed E-state index contributed by atoms with van der Waals surface area (Å²) >= 11 is 0. The Bertz CT molecular complexity index is 421. The van der Waals surface area contributed by atoms with Crippen molar-refractivity contribution in [3.05, 3.63) is 12.1 Å². The van der Waals surface area contributed by atoms with Gasteiger partial charge in [-0.25, -0.2) is 0 Å². The summed E-state index contributed by atoms with van der Waals surface area (Å²) in [6.07, 6.45) is 1.14. The first kappa shape index (κ1) is 12.9. The van der Waals surface area contributed by atoms with Crippen LogP contribution in [0.5, 0.6) is 11.5 Å². The van der Waals surface area contributed by atoms with Crippen molar-refractivity contribution in [3.63, 3.8) is 0 Å². The third-order valence-electron chi connectivity index (χ3n) is 3.60. The van der Waals surface area contributed by atoms with Gasteiger partial charge in [0.1, 0.15) is 13.2 Å². The molecule has 2 atom stereocenters. The summed E-state index contributed by atoms with van der Waals surface area (Å²) in [5.74, 6) is 2.10. The maximum absolute atomic E-state index is 6.04. The largest absolute Gasteiger partial charge is 0.486 e. The normalized spacial score (nSPS) is 17.1. The van der Waals surface area contributed by atoms with Gasteiger partial charge in [-0.2, -0.15) is 0 Å². The molecule has 1 heterocycles. The Hall–Kier alpha value is -1.58. The molecule has 0 radical (unpaired) electrons. The number of anilines is 2. The zero-order valence-electron chi connectivity index (χ0n) is 11.3. The van der Waals surface area contributed by atoms with Crippen LogP contribution in [0.1, 0.15) is 27.2 Å². The second-order valence-corrected chi connectivity index (χ2v) is 4.90. The standard InChI is InChI=1S/C14H22N2O2/c1-4-9(2)10(3)16-12-8-14-13(7-11(12)15)17-5-6-18-14/h7-10,16H,4-6,15H2,1-3H3. The molecule has 1 aliphatic rings. The molecular formula is C14H22N2O2. The molecule has 1 aromatic carbocycles. The van der Waals surface area contributed by atoms with E-state index in [0.717, 1.165) is 23.6 Å². The van der Waals surface area contributed by atoms with Crippen molar-refractivity contribution < 1.29 is 9.47 Å². The lowest BCUT2D eigenvalue weighted by Gasteiger charge is -2.24. The second kappa shape index (κ2) is 5.38. The quantitative estimate of drug-likeness (QED) is 0.807. The van der Waals surface area contributed by atoms with Crippen LogP contribution in [0.4, 0.5) is 11.4 Å². The highest BCUT2D eigenvalue weighted by molar-refractivity contribution is 5.72. The van der Waals surface area contributed by atoms with Gasteiger partial charge >= 0.3 is 0 Å². The molecule has 0 fully saturated rings. The molecule has 2 unspecified atom stereocenters. The number of hydrogen-bond acceptors (Lipinski definition) is 4. The summed E-state index contributed by atoms with van der Waals surface area (Å²) in [5.41, 5.74) is 7.66. The van der Waals surface area contributed by atoms with E-state index in [-0.39, 0.29) is 0 Å². The fraction of sp³-hybridized carbons (Fsp3) is 0.571. The molecule has 3 N–H and O–H groups in total. The Morgan fingerprint density at radius 1 is 1.22 bits per heavy atom. The summed E-state index contributed by atoms with van der Waals surface area (Å²) in [4.78, 5) is 0. The molecule has 0 aliphatic carbocycles. The Balaban J connectivity index is 2.18. The number of benzene rings is 1. The Morgan fingerprint density at radius 2 is 1.83 bits per heavy atom. The maximum atomic E-state index is 6.04. The molecule has 0 saturated heterocycles. The minimum atomic E-state index is 0.375. The van der Waals surface area contributed by atoms with Gasteiger partial charge in [-0.3, -0.25) is 0 Å². The van der Waals surface area contributed by atoms with Crippen LogP contribution < -0.4 is 20.5 Å². The number of rotatable bonds is 4. The van der Waals surface area contributed by atoms with E-state index in [4.69, 9.17) is 15.2 Å². The van der Waals surface area contributed by atoms with Crippen molar-refractivity contribution in [2.75, 3.05) is 24.3 Å². The monoisotopic (exact) mass is 250 g/mol. The van der Waals surface area contributed by atoms with E-state index in [1.807, 2.05) is 12.1 Å². The van der Waals surface area contributed by atoms with Gasteiger partial charge in [0.15, 0.2) is 11.5 Å². The predicted octanol–water partition coefficient (Wildman–Crippen LogP) is 2.89. The zero-order valence-corrected chi connectivity index (χ0v) is 11.3. The predicted molar refractivity (Wildman–Crippen MR) is 74.4 cm³/mol. The van der Waals surface area contributed by atoms with Gasteiger partial charge in [0.05, 0.1) is 11.4 Å². The fourth-order valence-corrected chi connectivity index (χ4v) is 1.97. The van der Waals surface area contributed by atoms with Crippen molar-refractivity contribution in [3.8, 4) is 11.5 Å². The number of hydrogen-bond donors (Lipinski definition) is 2. The molecule has 0 amide bonds. The van der Waals surface area contributed by atoms with Crippen molar-refractivity contribution in [2.24, 2.45) is 5.92 Å². The van der Waals surface area contributed by atoms with E-state index >= 15 is 0 Å². The van der Waals surface area contributed by atoms with Gasteiger partial charge in [-0.15, -0.1) is 0 Å². The molecule has 2 rings (SSSR count). The lowest BCUT2D eigenvalue weighted by atomic mass is 10.0. The minimum Gasteiger partial charge on any atom is -0.486 e. The second-order valence-electron chi connectivity index (χ2n) is 4.90. The lowest BCUT2D eigenvalue weighted by molar-refractivity contribution is 0.172. The third kappa shape index (κ3) is 2.63. The van der Waals surface area contributed by atoms with E-state index < -0.39 is 0 Å². The zero-order chi connectivity index (χ0) is 13.1.